The Kier molecular flexibility index (Phi) is 3.34. The van der Waals surface area contributed by atoms with Crippen LogP contribution in [0.25, 0.3) is 0 Å². The Morgan fingerprint density at radius 2 is 2.50 bits per heavy atom. The van der Waals surface area contributed by atoms with Crippen molar-refractivity contribution in [2.45, 2.75) is 12.8 Å². The Morgan fingerprint density at radius 1 is 1.75 bits per heavy atom. The first-order valence-corrected chi connectivity index (χ1v) is 4.41. The number of rotatable bonds is 3. The highest BCUT2D eigenvalue weighted by Crippen LogP contribution is 2.11. The van der Waals surface area contributed by atoms with Gasteiger partial charge in [-0.3, -0.25) is 0 Å². The molecule has 1 rings (SSSR count). The van der Waals surface area contributed by atoms with E-state index in [1.54, 1.807) is 11.9 Å². The number of primary amides is 1. The van der Waals surface area contributed by atoms with Gasteiger partial charge in [0.05, 0.1) is 0 Å². The molecule has 0 radical (unpaired) electrons. The van der Waals surface area contributed by atoms with Crippen molar-refractivity contribution in [1.29, 1.82) is 0 Å². The van der Waals surface area contributed by atoms with Crippen molar-refractivity contribution in [3.8, 4) is 0 Å². The van der Waals surface area contributed by atoms with E-state index in [0.717, 1.165) is 32.0 Å². The van der Waals surface area contributed by atoms with E-state index in [4.69, 9.17) is 5.73 Å². The SMILES string of the molecule is CN(CCC1CCNC1)C(N)=O. The quantitative estimate of drug-likeness (QED) is 0.627. The Bertz CT molecular complexity index is 154. The summed E-state index contributed by atoms with van der Waals surface area (Å²) in [7, 11) is 1.74. The zero-order valence-corrected chi connectivity index (χ0v) is 7.55. The summed E-state index contributed by atoms with van der Waals surface area (Å²) in [5.74, 6) is 0.729. The van der Waals surface area contributed by atoms with E-state index >= 15 is 0 Å². The highest BCUT2D eigenvalue weighted by Gasteiger charge is 2.15. The number of hydrogen-bond acceptors (Lipinski definition) is 2. The molecule has 1 saturated heterocycles. The second-order valence-corrected chi connectivity index (χ2v) is 3.41. The summed E-state index contributed by atoms with van der Waals surface area (Å²) in [4.78, 5) is 12.2. The minimum atomic E-state index is -0.332. The van der Waals surface area contributed by atoms with Crippen molar-refractivity contribution in [3.63, 3.8) is 0 Å². The third-order valence-electron chi connectivity index (χ3n) is 2.41. The van der Waals surface area contributed by atoms with Crippen molar-refractivity contribution in [2.75, 3.05) is 26.7 Å². The molecular formula is C8H17N3O. The summed E-state index contributed by atoms with van der Waals surface area (Å²) < 4.78 is 0. The zero-order valence-electron chi connectivity index (χ0n) is 7.55. The topological polar surface area (TPSA) is 58.4 Å². The van der Waals surface area contributed by atoms with Crippen LogP contribution in [0.5, 0.6) is 0 Å². The van der Waals surface area contributed by atoms with E-state index in [0.29, 0.717) is 0 Å². The Balaban J connectivity index is 2.11. The maximum atomic E-state index is 10.6. The van der Waals surface area contributed by atoms with Crippen LogP contribution in [0.15, 0.2) is 0 Å². The maximum Gasteiger partial charge on any atom is 0.314 e. The second-order valence-electron chi connectivity index (χ2n) is 3.41. The number of nitrogens with zero attached hydrogens (tertiary/aromatic N) is 1. The molecule has 0 saturated carbocycles. The molecule has 4 heteroatoms. The lowest BCUT2D eigenvalue weighted by Crippen LogP contribution is -2.33. The van der Waals surface area contributed by atoms with Gasteiger partial charge in [0.2, 0.25) is 0 Å². The predicted molar refractivity (Wildman–Crippen MR) is 47.8 cm³/mol. The molecule has 2 amide bonds. The Morgan fingerprint density at radius 3 is 3.00 bits per heavy atom. The van der Waals surface area contributed by atoms with Gasteiger partial charge in [0.15, 0.2) is 0 Å². The fourth-order valence-electron chi connectivity index (χ4n) is 1.45. The molecule has 3 N–H and O–H groups in total. The molecule has 1 aliphatic rings. The van der Waals surface area contributed by atoms with Gasteiger partial charge in [-0.2, -0.15) is 0 Å². The third kappa shape index (κ3) is 2.70. The molecule has 1 aliphatic heterocycles. The number of carbonyl (C=O) groups excluding carboxylic acids is 1. The van der Waals surface area contributed by atoms with Gasteiger partial charge in [-0.1, -0.05) is 0 Å². The van der Waals surface area contributed by atoms with Crippen molar-refractivity contribution < 1.29 is 4.79 Å². The molecule has 1 unspecified atom stereocenters. The lowest BCUT2D eigenvalue weighted by Gasteiger charge is -2.16. The van der Waals surface area contributed by atoms with E-state index in [2.05, 4.69) is 5.32 Å². The van der Waals surface area contributed by atoms with Gasteiger partial charge >= 0.3 is 6.03 Å². The fourth-order valence-corrected chi connectivity index (χ4v) is 1.45. The number of nitrogens with one attached hydrogen (secondary N) is 1. The second kappa shape index (κ2) is 4.30. The van der Waals surface area contributed by atoms with E-state index in [1.165, 1.54) is 6.42 Å². The molecule has 0 aromatic carbocycles. The normalized spacial score (nSPS) is 22.6. The summed E-state index contributed by atoms with van der Waals surface area (Å²) in [6.45, 7) is 2.99. The minimum Gasteiger partial charge on any atom is -0.351 e. The largest absolute Gasteiger partial charge is 0.351 e. The number of nitrogens with two attached hydrogens (primary N) is 1. The molecular weight excluding hydrogens is 154 g/mol. The highest BCUT2D eigenvalue weighted by molar-refractivity contribution is 5.71. The van der Waals surface area contributed by atoms with Gasteiger partial charge in [0, 0.05) is 13.6 Å². The van der Waals surface area contributed by atoms with Crippen LogP contribution in [-0.4, -0.2) is 37.6 Å². The van der Waals surface area contributed by atoms with Crippen molar-refractivity contribution in [3.05, 3.63) is 0 Å². The average molecular weight is 171 g/mol. The van der Waals surface area contributed by atoms with Crippen LogP contribution >= 0.6 is 0 Å². The summed E-state index contributed by atoms with van der Waals surface area (Å²) in [5, 5.41) is 3.29. The fraction of sp³-hybridized carbons (Fsp3) is 0.875. The summed E-state index contributed by atoms with van der Waals surface area (Å²) >= 11 is 0. The van der Waals surface area contributed by atoms with Crippen LogP contribution in [0.1, 0.15) is 12.8 Å². The zero-order chi connectivity index (χ0) is 8.97. The van der Waals surface area contributed by atoms with Gasteiger partial charge < -0.3 is 16.0 Å². The summed E-state index contributed by atoms with van der Waals surface area (Å²) in [6.07, 6.45) is 2.29. The smallest absolute Gasteiger partial charge is 0.314 e. The van der Waals surface area contributed by atoms with Crippen LogP contribution in [-0.2, 0) is 0 Å². The van der Waals surface area contributed by atoms with Crippen LogP contribution in [0.3, 0.4) is 0 Å². The van der Waals surface area contributed by atoms with Gasteiger partial charge in [0.25, 0.3) is 0 Å². The lowest BCUT2D eigenvalue weighted by molar-refractivity contribution is 0.215. The molecule has 0 bridgehead atoms. The molecule has 70 valence electrons. The van der Waals surface area contributed by atoms with E-state index < -0.39 is 0 Å². The highest BCUT2D eigenvalue weighted by atomic mass is 16.2. The molecule has 1 heterocycles. The van der Waals surface area contributed by atoms with Crippen LogP contribution < -0.4 is 11.1 Å². The number of carbonyl (C=O) groups is 1. The molecule has 0 aromatic rings. The molecule has 0 spiro atoms. The van der Waals surface area contributed by atoms with Crippen LogP contribution in [0, 0.1) is 5.92 Å². The predicted octanol–water partition coefficient (Wildman–Crippen LogP) is -0.00350. The standard InChI is InChI=1S/C8H17N3O/c1-11(8(9)12)5-3-7-2-4-10-6-7/h7,10H,2-6H2,1H3,(H2,9,12). The van der Waals surface area contributed by atoms with E-state index in [-0.39, 0.29) is 6.03 Å². The number of urea groups is 1. The monoisotopic (exact) mass is 171 g/mol. The average Bonchev–Trinajstić information content (AvgIpc) is 2.51. The van der Waals surface area contributed by atoms with Gasteiger partial charge in [-0.05, 0) is 31.8 Å². The van der Waals surface area contributed by atoms with Crippen LogP contribution in [0.4, 0.5) is 4.79 Å². The van der Waals surface area contributed by atoms with Gasteiger partial charge in [0.1, 0.15) is 0 Å². The molecule has 1 atom stereocenters. The molecule has 0 aromatic heterocycles. The first-order chi connectivity index (χ1) is 5.70. The number of amides is 2. The molecule has 0 aliphatic carbocycles. The van der Waals surface area contributed by atoms with Crippen LogP contribution in [0.2, 0.25) is 0 Å². The van der Waals surface area contributed by atoms with E-state index in [9.17, 15) is 4.79 Å². The van der Waals surface area contributed by atoms with Crippen molar-refractivity contribution in [1.82, 2.24) is 10.2 Å². The summed E-state index contributed by atoms with van der Waals surface area (Å²) in [6, 6.07) is -0.332. The van der Waals surface area contributed by atoms with E-state index in [1.807, 2.05) is 0 Å². The molecule has 1 fully saturated rings. The lowest BCUT2D eigenvalue weighted by atomic mass is 10.1. The maximum absolute atomic E-state index is 10.6. The van der Waals surface area contributed by atoms with Crippen molar-refractivity contribution in [2.24, 2.45) is 11.7 Å². The first-order valence-electron chi connectivity index (χ1n) is 4.41. The third-order valence-corrected chi connectivity index (χ3v) is 2.41. The van der Waals surface area contributed by atoms with Crippen molar-refractivity contribution >= 4 is 6.03 Å². The molecule has 12 heavy (non-hydrogen) atoms. The van der Waals surface area contributed by atoms with Gasteiger partial charge in [-0.15, -0.1) is 0 Å². The number of hydrogen-bond donors (Lipinski definition) is 2. The Hall–Kier alpha value is -0.770. The Labute approximate surface area is 73.1 Å². The first kappa shape index (κ1) is 9.32. The molecule has 4 nitrogen and oxygen atoms in total. The van der Waals surface area contributed by atoms with Gasteiger partial charge in [-0.25, -0.2) is 4.79 Å². The minimum absolute atomic E-state index is 0.332. The summed E-state index contributed by atoms with van der Waals surface area (Å²) in [5.41, 5.74) is 5.09.